The van der Waals surface area contributed by atoms with E-state index in [0.29, 0.717) is 13.7 Å². The van der Waals surface area contributed by atoms with Gasteiger partial charge in [-0.25, -0.2) is 0 Å². The zero-order valence-corrected chi connectivity index (χ0v) is 13.9. The summed E-state index contributed by atoms with van der Waals surface area (Å²) in [7, 11) is 1.62. The first-order valence-electron chi connectivity index (χ1n) is 4.95. The van der Waals surface area contributed by atoms with Crippen molar-refractivity contribution < 1.29 is 4.74 Å². The van der Waals surface area contributed by atoms with E-state index in [1.165, 1.54) is 11.3 Å². The Morgan fingerprint density at radius 2 is 1.89 bits per heavy atom. The zero-order valence-electron chi connectivity index (χ0n) is 9.22. The Bertz CT molecular complexity index is 570. The van der Waals surface area contributed by atoms with Gasteiger partial charge in [-0.3, -0.25) is 0 Å². The molecule has 1 atom stereocenters. The summed E-state index contributed by atoms with van der Waals surface area (Å²) in [6, 6.07) is 7.30. The molecular weight excluding hydrogens is 378 g/mol. The number of ether oxygens (including phenoxy) is 1. The monoisotopic (exact) mass is 384 g/mol. The predicted octanol–water partition coefficient (Wildman–Crippen LogP) is 6.20. The second-order valence-corrected chi connectivity index (χ2v) is 7.17. The molecule has 0 spiro atoms. The van der Waals surface area contributed by atoms with Crippen LogP contribution in [0.3, 0.4) is 0 Å². The Balaban J connectivity index is 2.48. The molecule has 0 aliphatic carbocycles. The van der Waals surface area contributed by atoms with E-state index in [1.807, 2.05) is 18.2 Å². The third-order valence-electron chi connectivity index (χ3n) is 2.42. The molecule has 18 heavy (non-hydrogen) atoms. The van der Waals surface area contributed by atoms with Crippen LogP contribution in [0.25, 0.3) is 0 Å². The lowest BCUT2D eigenvalue weighted by atomic mass is 10.1. The van der Waals surface area contributed by atoms with Crippen LogP contribution in [0.2, 0.25) is 13.7 Å². The topological polar surface area (TPSA) is 9.23 Å². The second kappa shape index (κ2) is 6.02. The molecule has 0 amide bonds. The smallest absolute Gasteiger partial charge is 0.123 e. The molecule has 1 aromatic carbocycles. The highest BCUT2D eigenvalue weighted by Crippen LogP contribution is 2.44. The highest BCUT2D eigenvalue weighted by Gasteiger charge is 2.20. The molecule has 2 rings (SSSR count). The van der Waals surface area contributed by atoms with Crippen LogP contribution in [-0.4, -0.2) is 7.11 Å². The highest BCUT2D eigenvalue weighted by atomic mass is 79.9. The van der Waals surface area contributed by atoms with Gasteiger partial charge in [-0.15, -0.1) is 11.3 Å². The Kier molecular flexibility index (Phi) is 4.84. The number of hydrogen-bond acceptors (Lipinski definition) is 2. The zero-order chi connectivity index (χ0) is 13.3. The SMILES string of the molecule is COc1ccc(Cl)cc1C(Br)c1cc(Cl)sc1Cl. The molecule has 0 aliphatic rings. The van der Waals surface area contributed by atoms with E-state index in [-0.39, 0.29) is 4.83 Å². The van der Waals surface area contributed by atoms with Crippen molar-refractivity contribution in [1.82, 2.24) is 0 Å². The molecule has 1 heterocycles. The van der Waals surface area contributed by atoms with Crippen LogP contribution in [0, 0.1) is 0 Å². The summed E-state index contributed by atoms with van der Waals surface area (Å²) in [4.78, 5) is -0.109. The molecule has 96 valence electrons. The van der Waals surface area contributed by atoms with Gasteiger partial charge in [0.1, 0.15) is 5.75 Å². The summed E-state index contributed by atoms with van der Waals surface area (Å²) in [5.41, 5.74) is 1.83. The predicted molar refractivity (Wildman–Crippen MR) is 83.1 cm³/mol. The summed E-state index contributed by atoms with van der Waals surface area (Å²) < 4.78 is 6.64. The van der Waals surface area contributed by atoms with Crippen LogP contribution in [-0.2, 0) is 0 Å². The van der Waals surface area contributed by atoms with Crippen molar-refractivity contribution in [3.05, 3.63) is 49.1 Å². The number of thiophene rings is 1. The molecule has 0 N–H and O–H groups in total. The second-order valence-electron chi connectivity index (χ2n) is 3.53. The third-order valence-corrected chi connectivity index (χ3v) is 5.16. The lowest BCUT2D eigenvalue weighted by Gasteiger charge is -2.14. The first-order valence-corrected chi connectivity index (χ1v) is 7.81. The molecule has 0 radical (unpaired) electrons. The lowest BCUT2D eigenvalue weighted by Crippen LogP contribution is -1.96. The standard InChI is InChI=1S/C12H8BrCl3OS/c1-17-9-3-2-6(14)4-7(9)11(13)8-5-10(15)18-12(8)16/h2-5,11H,1H3. The highest BCUT2D eigenvalue weighted by molar-refractivity contribution is 9.09. The number of benzene rings is 1. The van der Waals surface area contributed by atoms with Crippen LogP contribution < -0.4 is 4.74 Å². The molecule has 1 unspecified atom stereocenters. The molecule has 2 aromatic rings. The number of alkyl halides is 1. The Hall–Kier alpha value is 0.0700. The quantitative estimate of drug-likeness (QED) is 0.571. The van der Waals surface area contributed by atoms with E-state index >= 15 is 0 Å². The van der Waals surface area contributed by atoms with Gasteiger partial charge in [-0.2, -0.15) is 0 Å². The fraction of sp³-hybridized carbons (Fsp3) is 0.167. The fourth-order valence-corrected chi connectivity index (χ4v) is 4.31. The van der Waals surface area contributed by atoms with Crippen molar-refractivity contribution in [3.8, 4) is 5.75 Å². The molecule has 1 aromatic heterocycles. The molecule has 0 bridgehead atoms. The largest absolute Gasteiger partial charge is 0.496 e. The van der Waals surface area contributed by atoms with E-state index in [4.69, 9.17) is 39.5 Å². The van der Waals surface area contributed by atoms with Gasteiger partial charge in [-0.05, 0) is 24.3 Å². The first kappa shape index (κ1) is 14.5. The summed E-state index contributed by atoms with van der Waals surface area (Å²) in [5, 5.41) is 0.646. The van der Waals surface area contributed by atoms with E-state index in [0.717, 1.165) is 16.9 Å². The molecule has 0 saturated heterocycles. The number of hydrogen-bond donors (Lipinski definition) is 0. The maximum absolute atomic E-state index is 6.16. The summed E-state index contributed by atoms with van der Waals surface area (Å²) in [5.74, 6) is 0.750. The van der Waals surface area contributed by atoms with Gasteiger partial charge in [0.2, 0.25) is 0 Å². The average Bonchev–Trinajstić information content (AvgIpc) is 2.67. The van der Waals surface area contributed by atoms with Gasteiger partial charge in [0.25, 0.3) is 0 Å². The molecule has 1 nitrogen and oxygen atoms in total. The Morgan fingerprint density at radius 1 is 1.17 bits per heavy atom. The molecule has 0 fully saturated rings. The fourth-order valence-electron chi connectivity index (χ4n) is 1.60. The third kappa shape index (κ3) is 2.97. The van der Waals surface area contributed by atoms with Gasteiger partial charge < -0.3 is 4.74 Å². The van der Waals surface area contributed by atoms with Crippen molar-refractivity contribution in [2.75, 3.05) is 7.11 Å². The van der Waals surface area contributed by atoms with Gasteiger partial charge in [-0.1, -0.05) is 50.7 Å². The lowest BCUT2D eigenvalue weighted by molar-refractivity contribution is 0.410. The van der Waals surface area contributed by atoms with E-state index in [2.05, 4.69) is 15.9 Å². The number of rotatable bonds is 3. The first-order chi connectivity index (χ1) is 8.52. The van der Waals surface area contributed by atoms with Crippen molar-refractivity contribution in [1.29, 1.82) is 0 Å². The Labute approximate surface area is 133 Å². The molecular formula is C12H8BrCl3OS. The molecule has 6 heteroatoms. The van der Waals surface area contributed by atoms with Crippen molar-refractivity contribution in [2.45, 2.75) is 4.83 Å². The summed E-state index contributed by atoms with van der Waals surface area (Å²) in [6.45, 7) is 0. The van der Waals surface area contributed by atoms with Crippen LogP contribution >= 0.6 is 62.1 Å². The van der Waals surface area contributed by atoms with E-state index in [9.17, 15) is 0 Å². The van der Waals surface area contributed by atoms with Gasteiger partial charge >= 0.3 is 0 Å². The van der Waals surface area contributed by atoms with Crippen LogP contribution in [0.15, 0.2) is 24.3 Å². The Morgan fingerprint density at radius 3 is 2.44 bits per heavy atom. The normalized spacial score (nSPS) is 12.5. The van der Waals surface area contributed by atoms with Gasteiger partial charge in [0.05, 0.1) is 20.6 Å². The van der Waals surface area contributed by atoms with Crippen LogP contribution in [0.4, 0.5) is 0 Å². The molecule has 0 saturated carbocycles. The van der Waals surface area contributed by atoms with Crippen LogP contribution in [0.1, 0.15) is 16.0 Å². The summed E-state index contributed by atoms with van der Waals surface area (Å²) >= 11 is 23.1. The van der Waals surface area contributed by atoms with Crippen molar-refractivity contribution in [3.63, 3.8) is 0 Å². The molecule has 0 aliphatic heterocycles. The summed E-state index contributed by atoms with van der Waals surface area (Å²) in [6.07, 6.45) is 0. The van der Waals surface area contributed by atoms with Crippen LogP contribution in [0.5, 0.6) is 5.75 Å². The van der Waals surface area contributed by atoms with E-state index in [1.54, 1.807) is 13.2 Å². The minimum Gasteiger partial charge on any atom is -0.496 e. The number of halogens is 4. The van der Waals surface area contributed by atoms with Crippen molar-refractivity contribution in [2.24, 2.45) is 0 Å². The average molecular weight is 387 g/mol. The number of methoxy groups -OCH3 is 1. The van der Waals surface area contributed by atoms with E-state index < -0.39 is 0 Å². The maximum atomic E-state index is 6.16. The minimum atomic E-state index is -0.109. The minimum absolute atomic E-state index is 0.109. The van der Waals surface area contributed by atoms with Crippen molar-refractivity contribution >= 4 is 62.1 Å². The maximum Gasteiger partial charge on any atom is 0.123 e. The van der Waals surface area contributed by atoms with Gasteiger partial charge in [0, 0.05) is 16.1 Å². The van der Waals surface area contributed by atoms with Gasteiger partial charge in [0.15, 0.2) is 0 Å².